The number of hydrogen-bond donors (Lipinski definition) is 0. The number of aromatic nitrogens is 2. The molecule has 0 unspecified atom stereocenters. The van der Waals surface area contributed by atoms with E-state index in [2.05, 4.69) is 10.00 Å². The Kier molecular flexibility index (Phi) is 4.71. The number of hydrogen-bond acceptors (Lipinski definition) is 6. The Morgan fingerprint density at radius 1 is 1.23 bits per heavy atom. The third kappa shape index (κ3) is 3.35. The monoisotopic (exact) mass is 362 g/mol. The van der Waals surface area contributed by atoms with E-state index in [1.807, 2.05) is 4.90 Å². The van der Waals surface area contributed by atoms with Gasteiger partial charge in [0.05, 0.1) is 31.0 Å². The molecule has 3 aliphatic heterocycles. The summed E-state index contributed by atoms with van der Waals surface area (Å²) in [7, 11) is 1.63. The van der Waals surface area contributed by atoms with Gasteiger partial charge in [0, 0.05) is 52.1 Å². The van der Waals surface area contributed by atoms with Crippen molar-refractivity contribution in [2.75, 3.05) is 44.3 Å². The van der Waals surface area contributed by atoms with Gasteiger partial charge in [0.1, 0.15) is 0 Å². The zero-order chi connectivity index (χ0) is 18.1. The third-order valence-electron chi connectivity index (χ3n) is 5.74. The van der Waals surface area contributed by atoms with Crippen LogP contribution in [0.4, 0.5) is 5.69 Å². The molecule has 1 spiro atoms. The van der Waals surface area contributed by atoms with Crippen LogP contribution in [0.25, 0.3) is 0 Å². The average Bonchev–Trinajstić information content (AvgIpc) is 3.12. The van der Waals surface area contributed by atoms with Crippen LogP contribution >= 0.6 is 0 Å². The number of nitrogens with zero attached hydrogens (tertiary/aromatic N) is 4. The number of amides is 1. The summed E-state index contributed by atoms with van der Waals surface area (Å²) in [6.45, 7) is 4.16. The maximum atomic E-state index is 13.0. The Labute approximate surface area is 152 Å². The van der Waals surface area contributed by atoms with Gasteiger partial charge in [0.2, 0.25) is 5.91 Å². The second kappa shape index (κ2) is 7.00. The van der Waals surface area contributed by atoms with E-state index in [4.69, 9.17) is 9.47 Å². The molecule has 0 saturated carbocycles. The minimum atomic E-state index is -0.453. The van der Waals surface area contributed by atoms with Crippen LogP contribution in [-0.2, 0) is 21.3 Å². The number of carbonyl (C=O) groups is 1. The van der Waals surface area contributed by atoms with E-state index in [9.17, 15) is 9.59 Å². The topological polar surface area (TPSA) is 76.9 Å². The predicted molar refractivity (Wildman–Crippen MR) is 94.9 cm³/mol. The normalized spacial score (nSPS) is 25.7. The summed E-state index contributed by atoms with van der Waals surface area (Å²) in [4.78, 5) is 28.9. The quantitative estimate of drug-likeness (QED) is 0.756. The fourth-order valence-electron chi connectivity index (χ4n) is 4.16. The summed E-state index contributed by atoms with van der Waals surface area (Å²) in [5, 5.41) is 4.09. The fourth-order valence-corrected chi connectivity index (χ4v) is 4.16. The third-order valence-corrected chi connectivity index (χ3v) is 5.74. The molecule has 0 aromatic carbocycles. The summed E-state index contributed by atoms with van der Waals surface area (Å²) in [6, 6.07) is 1.60. The van der Waals surface area contributed by atoms with E-state index in [1.54, 1.807) is 19.3 Å². The lowest BCUT2D eigenvalue weighted by Crippen LogP contribution is -2.51. The van der Waals surface area contributed by atoms with Crippen LogP contribution in [0.2, 0.25) is 0 Å². The Morgan fingerprint density at radius 2 is 1.96 bits per heavy atom. The lowest BCUT2D eigenvalue weighted by atomic mass is 9.94. The van der Waals surface area contributed by atoms with E-state index < -0.39 is 5.79 Å². The van der Waals surface area contributed by atoms with Crippen LogP contribution < -0.4 is 10.5 Å². The van der Waals surface area contributed by atoms with Crippen molar-refractivity contribution in [3.05, 3.63) is 22.6 Å². The van der Waals surface area contributed by atoms with Crippen LogP contribution in [-0.4, -0.2) is 65.8 Å². The van der Waals surface area contributed by atoms with Gasteiger partial charge in [-0.15, -0.1) is 0 Å². The standard InChI is InChI=1S/C18H26N4O4/c1-20-16(23)11-15(12-19-20)22-6-2-3-14(13-22)17(24)21-7-4-18(5-8-21)25-9-10-26-18/h11-12,14H,2-10,13H2,1H3/t14-/m0/s1. The maximum Gasteiger partial charge on any atom is 0.268 e. The van der Waals surface area contributed by atoms with Gasteiger partial charge in [-0.25, -0.2) is 4.68 Å². The molecule has 142 valence electrons. The highest BCUT2D eigenvalue weighted by Crippen LogP contribution is 2.32. The lowest BCUT2D eigenvalue weighted by molar-refractivity contribution is -0.188. The van der Waals surface area contributed by atoms with E-state index in [1.165, 1.54) is 4.68 Å². The minimum Gasteiger partial charge on any atom is -0.369 e. The SMILES string of the molecule is Cn1ncc(N2CCC[C@H](C(=O)N3CCC4(CC3)OCCO4)C2)cc1=O. The van der Waals surface area contributed by atoms with Gasteiger partial charge in [-0.3, -0.25) is 9.59 Å². The number of ether oxygens (including phenoxy) is 2. The number of rotatable bonds is 2. The Morgan fingerprint density at radius 3 is 2.65 bits per heavy atom. The zero-order valence-corrected chi connectivity index (χ0v) is 15.2. The fraction of sp³-hybridized carbons (Fsp3) is 0.722. The Bertz CT molecular complexity index is 718. The predicted octanol–water partition coefficient (Wildman–Crippen LogP) is 0.362. The van der Waals surface area contributed by atoms with Crippen LogP contribution in [0.5, 0.6) is 0 Å². The van der Waals surface area contributed by atoms with E-state index >= 15 is 0 Å². The number of anilines is 1. The molecule has 1 aromatic heterocycles. The molecule has 4 heterocycles. The molecule has 3 fully saturated rings. The summed E-state index contributed by atoms with van der Waals surface area (Å²) in [5.74, 6) is -0.280. The molecular formula is C18H26N4O4. The van der Waals surface area contributed by atoms with Crippen LogP contribution in [0, 0.1) is 5.92 Å². The minimum absolute atomic E-state index is 0.0349. The van der Waals surface area contributed by atoms with Crippen molar-refractivity contribution in [3.8, 4) is 0 Å². The molecule has 1 amide bonds. The van der Waals surface area contributed by atoms with Crippen molar-refractivity contribution >= 4 is 11.6 Å². The van der Waals surface area contributed by atoms with Crippen molar-refractivity contribution in [1.29, 1.82) is 0 Å². The molecule has 0 aliphatic carbocycles. The van der Waals surface area contributed by atoms with E-state index in [0.717, 1.165) is 37.9 Å². The van der Waals surface area contributed by atoms with Gasteiger partial charge < -0.3 is 19.3 Å². The van der Waals surface area contributed by atoms with Gasteiger partial charge in [-0.05, 0) is 12.8 Å². The summed E-state index contributed by atoms with van der Waals surface area (Å²) >= 11 is 0. The van der Waals surface area contributed by atoms with E-state index in [0.29, 0.717) is 32.8 Å². The number of carbonyl (C=O) groups excluding carboxylic acids is 1. The Hall–Kier alpha value is -1.93. The van der Waals surface area contributed by atoms with Crippen molar-refractivity contribution in [3.63, 3.8) is 0 Å². The summed E-state index contributed by atoms with van der Waals surface area (Å²) in [5.41, 5.74) is 0.671. The van der Waals surface area contributed by atoms with Gasteiger partial charge in [0.15, 0.2) is 5.79 Å². The van der Waals surface area contributed by atoms with Crippen LogP contribution in [0.1, 0.15) is 25.7 Å². The van der Waals surface area contributed by atoms with Crippen LogP contribution in [0.15, 0.2) is 17.1 Å². The molecule has 0 radical (unpaired) electrons. The second-order valence-electron chi connectivity index (χ2n) is 7.39. The second-order valence-corrected chi connectivity index (χ2v) is 7.39. The first-order valence-corrected chi connectivity index (χ1v) is 9.41. The highest BCUT2D eigenvalue weighted by atomic mass is 16.7. The first-order chi connectivity index (χ1) is 12.6. The highest BCUT2D eigenvalue weighted by Gasteiger charge is 2.42. The number of aryl methyl sites for hydroxylation is 1. The summed E-state index contributed by atoms with van der Waals surface area (Å²) in [6.07, 6.45) is 5.02. The Balaban J connectivity index is 1.39. The van der Waals surface area contributed by atoms with Gasteiger partial charge in [-0.2, -0.15) is 5.10 Å². The maximum absolute atomic E-state index is 13.0. The van der Waals surface area contributed by atoms with Crippen molar-refractivity contribution in [2.24, 2.45) is 13.0 Å². The molecule has 1 aromatic rings. The number of piperidine rings is 2. The zero-order valence-electron chi connectivity index (χ0n) is 15.2. The van der Waals surface area contributed by atoms with Crippen molar-refractivity contribution in [2.45, 2.75) is 31.5 Å². The lowest BCUT2D eigenvalue weighted by Gasteiger charge is -2.40. The van der Waals surface area contributed by atoms with Gasteiger partial charge in [-0.1, -0.05) is 0 Å². The molecule has 4 rings (SSSR count). The number of likely N-dealkylation sites (tertiary alicyclic amines) is 1. The summed E-state index contributed by atoms with van der Waals surface area (Å²) < 4.78 is 12.8. The molecule has 3 aliphatic rings. The van der Waals surface area contributed by atoms with Crippen LogP contribution in [0.3, 0.4) is 0 Å². The molecule has 3 saturated heterocycles. The molecule has 8 heteroatoms. The van der Waals surface area contributed by atoms with Gasteiger partial charge in [0.25, 0.3) is 5.56 Å². The van der Waals surface area contributed by atoms with Crippen molar-refractivity contribution in [1.82, 2.24) is 14.7 Å². The largest absolute Gasteiger partial charge is 0.369 e. The molecule has 1 atom stereocenters. The molecular weight excluding hydrogens is 336 g/mol. The molecule has 26 heavy (non-hydrogen) atoms. The molecule has 0 bridgehead atoms. The smallest absolute Gasteiger partial charge is 0.268 e. The van der Waals surface area contributed by atoms with Gasteiger partial charge >= 0.3 is 0 Å². The van der Waals surface area contributed by atoms with E-state index in [-0.39, 0.29) is 17.4 Å². The highest BCUT2D eigenvalue weighted by molar-refractivity contribution is 5.80. The first kappa shape index (κ1) is 17.5. The first-order valence-electron chi connectivity index (χ1n) is 9.41. The van der Waals surface area contributed by atoms with Crippen molar-refractivity contribution < 1.29 is 14.3 Å². The molecule has 8 nitrogen and oxygen atoms in total. The molecule has 0 N–H and O–H groups in total. The average molecular weight is 362 g/mol.